The summed E-state index contributed by atoms with van der Waals surface area (Å²) in [4.78, 5) is 12.0. The number of carbonyl (C=O) groups is 1. The molecular formula is C13H16ClN3O2. The zero-order valence-electron chi connectivity index (χ0n) is 10.8. The average molecular weight is 282 g/mol. The van der Waals surface area contributed by atoms with Crippen LogP contribution in [-0.2, 0) is 4.79 Å². The van der Waals surface area contributed by atoms with Gasteiger partial charge in [0.2, 0.25) is 5.91 Å². The van der Waals surface area contributed by atoms with Gasteiger partial charge in [-0.2, -0.15) is 0 Å². The topological polar surface area (TPSA) is 87.7 Å². The molecule has 1 amide bonds. The van der Waals surface area contributed by atoms with E-state index in [1.165, 1.54) is 0 Å². The smallest absolute Gasteiger partial charge is 0.228 e. The number of nitrogens with zero attached hydrogens (tertiary/aromatic N) is 1. The van der Waals surface area contributed by atoms with E-state index in [2.05, 4.69) is 24.3 Å². The first kappa shape index (κ1) is 13.7. The second-order valence-electron chi connectivity index (χ2n) is 5.41. The van der Waals surface area contributed by atoms with Crippen molar-refractivity contribution in [1.29, 1.82) is 0 Å². The van der Waals surface area contributed by atoms with E-state index in [4.69, 9.17) is 22.5 Å². The maximum atomic E-state index is 12.0. The third kappa shape index (κ3) is 2.81. The molecule has 1 aliphatic rings. The molecule has 6 heteroatoms. The Labute approximate surface area is 116 Å². The third-order valence-electron chi connectivity index (χ3n) is 3.46. The molecule has 1 aliphatic carbocycles. The lowest BCUT2D eigenvalue weighted by molar-refractivity contribution is -0.118. The van der Waals surface area contributed by atoms with E-state index >= 15 is 0 Å². The highest BCUT2D eigenvalue weighted by Crippen LogP contribution is 2.52. The van der Waals surface area contributed by atoms with Gasteiger partial charge in [0.1, 0.15) is 0 Å². The van der Waals surface area contributed by atoms with E-state index < -0.39 is 0 Å². The van der Waals surface area contributed by atoms with Crippen LogP contribution in [0.1, 0.15) is 25.8 Å². The van der Waals surface area contributed by atoms with Crippen molar-refractivity contribution < 1.29 is 10.0 Å². The third-order valence-corrected chi connectivity index (χ3v) is 3.77. The number of halogens is 1. The highest BCUT2D eigenvalue weighted by Gasteiger charge is 2.50. The van der Waals surface area contributed by atoms with Crippen molar-refractivity contribution in [2.24, 2.45) is 22.2 Å². The second kappa shape index (κ2) is 4.74. The molecule has 1 aromatic carbocycles. The SMILES string of the molecule is CC1(C)CC1C(=O)Nc1ccc(/C(N)=N/O)cc1Cl. The molecule has 4 N–H and O–H groups in total. The Bertz CT molecular complexity index is 555. The first-order chi connectivity index (χ1) is 8.85. The molecule has 1 unspecified atom stereocenters. The number of rotatable bonds is 3. The number of nitrogens with two attached hydrogens (primary N) is 1. The lowest BCUT2D eigenvalue weighted by Gasteiger charge is -2.09. The predicted octanol–water partition coefficient (Wildman–Crippen LogP) is 2.42. The van der Waals surface area contributed by atoms with E-state index in [-0.39, 0.29) is 23.1 Å². The number of amides is 1. The second-order valence-corrected chi connectivity index (χ2v) is 5.82. The van der Waals surface area contributed by atoms with Gasteiger partial charge in [-0.1, -0.05) is 30.6 Å². The number of oxime groups is 1. The molecule has 0 bridgehead atoms. The highest BCUT2D eigenvalue weighted by molar-refractivity contribution is 6.34. The van der Waals surface area contributed by atoms with Crippen LogP contribution in [0.5, 0.6) is 0 Å². The van der Waals surface area contributed by atoms with Crippen LogP contribution in [0.25, 0.3) is 0 Å². The van der Waals surface area contributed by atoms with Gasteiger partial charge in [-0.25, -0.2) is 0 Å². The molecule has 2 rings (SSSR count). The normalized spacial score (nSPS) is 21.0. The molecule has 0 aromatic heterocycles. The summed E-state index contributed by atoms with van der Waals surface area (Å²) in [5.41, 5.74) is 6.56. The van der Waals surface area contributed by atoms with Crippen LogP contribution < -0.4 is 11.1 Å². The molecule has 1 fully saturated rings. The monoisotopic (exact) mass is 281 g/mol. The summed E-state index contributed by atoms with van der Waals surface area (Å²) in [5.74, 6) is -0.0149. The fourth-order valence-corrected chi connectivity index (χ4v) is 2.20. The Hall–Kier alpha value is -1.75. The predicted molar refractivity (Wildman–Crippen MR) is 74.5 cm³/mol. The molecule has 0 radical (unpaired) electrons. The van der Waals surface area contributed by atoms with Gasteiger partial charge in [0, 0.05) is 11.5 Å². The van der Waals surface area contributed by atoms with Gasteiger partial charge in [0.15, 0.2) is 5.84 Å². The van der Waals surface area contributed by atoms with Gasteiger partial charge in [-0.05, 0) is 30.0 Å². The van der Waals surface area contributed by atoms with E-state index in [0.29, 0.717) is 16.3 Å². The minimum absolute atomic E-state index is 0.0246. The fraction of sp³-hybridized carbons (Fsp3) is 0.385. The quantitative estimate of drug-likeness (QED) is 0.344. The molecule has 1 saturated carbocycles. The van der Waals surface area contributed by atoms with Gasteiger partial charge in [0.05, 0.1) is 10.7 Å². The van der Waals surface area contributed by atoms with Crippen LogP contribution in [0.4, 0.5) is 5.69 Å². The summed E-state index contributed by atoms with van der Waals surface area (Å²) in [5, 5.41) is 14.6. The van der Waals surface area contributed by atoms with E-state index in [1.807, 2.05) is 0 Å². The summed E-state index contributed by atoms with van der Waals surface area (Å²) in [6, 6.07) is 4.82. The van der Waals surface area contributed by atoms with Gasteiger partial charge in [-0.3, -0.25) is 4.79 Å². The molecule has 0 saturated heterocycles. The van der Waals surface area contributed by atoms with E-state index in [9.17, 15) is 4.79 Å². The summed E-state index contributed by atoms with van der Waals surface area (Å²) in [7, 11) is 0. The van der Waals surface area contributed by atoms with Gasteiger partial charge >= 0.3 is 0 Å². The number of nitrogens with one attached hydrogen (secondary N) is 1. The van der Waals surface area contributed by atoms with Crippen molar-refractivity contribution in [3.8, 4) is 0 Å². The fourth-order valence-electron chi connectivity index (χ4n) is 1.97. The molecule has 0 aliphatic heterocycles. The zero-order chi connectivity index (χ0) is 14.2. The minimum atomic E-state index is -0.0249. The maximum absolute atomic E-state index is 12.0. The molecule has 1 atom stereocenters. The van der Waals surface area contributed by atoms with Crippen LogP contribution in [-0.4, -0.2) is 17.0 Å². The van der Waals surface area contributed by atoms with Crippen LogP contribution in [0.15, 0.2) is 23.4 Å². The van der Waals surface area contributed by atoms with Crippen molar-refractivity contribution in [3.05, 3.63) is 28.8 Å². The van der Waals surface area contributed by atoms with Crippen LogP contribution in [0.3, 0.4) is 0 Å². The average Bonchev–Trinajstić information content (AvgIpc) is 3.00. The lowest BCUT2D eigenvalue weighted by atomic mass is 10.1. The number of anilines is 1. The highest BCUT2D eigenvalue weighted by atomic mass is 35.5. The summed E-state index contributed by atoms with van der Waals surface area (Å²) in [6.07, 6.45) is 0.888. The van der Waals surface area contributed by atoms with Gasteiger partial charge < -0.3 is 16.3 Å². The Morgan fingerprint density at radius 2 is 2.21 bits per heavy atom. The largest absolute Gasteiger partial charge is 0.409 e. The first-order valence-corrected chi connectivity index (χ1v) is 6.31. The molecule has 102 valence electrons. The minimum Gasteiger partial charge on any atom is -0.409 e. The Morgan fingerprint density at radius 1 is 1.58 bits per heavy atom. The summed E-state index contributed by atoms with van der Waals surface area (Å²) < 4.78 is 0. The molecule has 19 heavy (non-hydrogen) atoms. The van der Waals surface area contributed by atoms with Crippen molar-refractivity contribution in [2.75, 3.05) is 5.32 Å². The van der Waals surface area contributed by atoms with Crippen LogP contribution in [0.2, 0.25) is 5.02 Å². The lowest BCUT2D eigenvalue weighted by Crippen LogP contribution is -2.17. The number of benzene rings is 1. The van der Waals surface area contributed by atoms with Crippen LogP contribution in [0, 0.1) is 11.3 Å². The van der Waals surface area contributed by atoms with E-state index in [1.54, 1.807) is 18.2 Å². The van der Waals surface area contributed by atoms with Crippen molar-refractivity contribution in [3.63, 3.8) is 0 Å². The Balaban J connectivity index is 2.12. The number of hydrogen-bond acceptors (Lipinski definition) is 3. The van der Waals surface area contributed by atoms with Crippen molar-refractivity contribution in [2.45, 2.75) is 20.3 Å². The van der Waals surface area contributed by atoms with Crippen molar-refractivity contribution in [1.82, 2.24) is 0 Å². The molecule has 1 aromatic rings. The zero-order valence-corrected chi connectivity index (χ0v) is 11.5. The maximum Gasteiger partial charge on any atom is 0.228 e. The van der Waals surface area contributed by atoms with Gasteiger partial charge in [0.25, 0.3) is 0 Å². The molecule has 0 spiro atoms. The number of carbonyl (C=O) groups excluding carboxylic acids is 1. The first-order valence-electron chi connectivity index (χ1n) is 5.93. The number of amidine groups is 1. The summed E-state index contributed by atoms with van der Waals surface area (Å²) >= 11 is 6.06. The van der Waals surface area contributed by atoms with Gasteiger partial charge in [-0.15, -0.1) is 0 Å². The number of hydrogen-bond donors (Lipinski definition) is 3. The molecule has 0 heterocycles. The molecule has 5 nitrogen and oxygen atoms in total. The van der Waals surface area contributed by atoms with E-state index in [0.717, 1.165) is 6.42 Å². The molecular weight excluding hydrogens is 266 g/mol. The van der Waals surface area contributed by atoms with Crippen LogP contribution >= 0.6 is 11.6 Å². The van der Waals surface area contributed by atoms with Crippen molar-refractivity contribution >= 4 is 29.0 Å². The standard InChI is InChI=1S/C13H16ClN3O2/c1-13(2)6-8(13)12(18)16-10-4-3-7(5-9(10)14)11(15)17-19/h3-5,8,19H,6H2,1-2H3,(H2,15,17)(H,16,18). The Morgan fingerprint density at radius 3 is 2.68 bits per heavy atom. The summed E-state index contributed by atoms with van der Waals surface area (Å²) in [6.45, 7) is 4.11. The Kier molecular flexibility index (Phi) is 3.41.